The summed E-state index contributed by atoms with van der Waals surface area (Å²) in [6, 6.07) is 8.31. The predicted octanol–water partition coefficient (Wildman–Crippen LogP) is 1.32. The molecular weight excluding hydrogens is 202 g/mol. The van der Waals surface area contributed by atoms with Gasteiger partial charge >= 0.3 is 0 Å². The van der Waals surface area contributed by atoms with E-state index in [-0.39, 0.29) is 6.61 Å². The highest BCUT2D eigenvalue weighted by Crippen LogP contribution is 2.09. The van der Waals surface area contributed by atoms with E-state index in [1.54, 1.807) is 6.33 Å². The third kappa shape index (κ3) is 2.28. The van der Waals surface area contributed by atoms with Crippen LogP contribution in [-0.4, -0.2) is 19.9 Å². The maximum absolute atomic E-state index is 9.04. The fourth-order valence-corrected chi connectivity index (χ4v) is 1.72. The number of aryl methyl sites for hydroxylation is 3. The van der Waals surface area contributed by atoms with Crippen molar-refractivity contribution in [2.24, 2.45) is 0 Å². The molecule has 1 aromatic heterocycles. The number of aliphatic hydroxyl groups is 1. The molecular formula is C12H15N3O. The Morgan fingerprint density at radius 3 is 2.88 bits per heavy atom. The van der Waals surface area contributed by atoms with Gasteiger partial charge in [0.25, 0.3) is 0 Å². The molecule has 2 aromatic rings. The van der Waals surface area contributed by atoms with E-state index in [9.17, 15) is 0 Å². The second-order valence-corrected chi connectivity index (χ2v) is 3.78. The lowest BCUT2D eigenvalue weighted by Gasteiger charge is -2.07. The Morgan fingerprint density at radius 2 is 2.12 bits per heavy atom. The molecule has 0 aliphatic carbocycles. The summed E-state index contributed by atoms with van der Waals surface area (Å²) in [6.45, 7) is 2.84. The molecule has 84 valence electrons. The molecule has 1 aromatic carbocycles. The number of nitrogens with zero attached hydrogens (tertiary/aromatic N) is 3. The van der Waals surface area contributed by atoms with Crippen LogP contribution in [-0.2, 0) is 19.6 Å². The van der Waals surface area contributed by atoms with Gasteiger partial charge in [0.2, 0.25) is 0 Å². The van der Waals surface area contributed by atoms with Crippen LogP contribution >= 0.6 is 0 Å². The minimum Gasteiger partial charge on any atom is -0.388 e. The van der Waals surface area contributed by atoms with Gasteiger partial charge in [0.15, 0.2) is 5.82 Å². The van der Waals surface area contributed by atoms with Crippen LogP contribution < -0.4 is 0 Å². The van der Waals surface area contributed by atoms with E-state index in [0.717, 1.165) is 13.0 Å². The molecule has 16 heavy (non-hydrogen) atoms. The monoisotopic (exact) mass is 217 g/mol. The standard InChI is InChI=1S/C12H15N3O/c1-10-4-2-3-5-11(10)6-7-15-9-13-14-12(15)8-16/h2-5,9,16H,6-8H2,1H3. The summed E-state index contributed by atoms with van der Waals surface area (Å²) in [5.41, 5.74) is 2.61. The second-order valence-electron chi connectivity index (χ2n) is 3.78. The third-order valence-corrected chi connectivity index (χ3v) is 2.72. The van der Waals surface area contributed by atoms with Gasteiger partial charge in [-0.25, -0.2) is 0 Å². The summed E-state index contributed by atoms with van der Waals surface area (Å²) >= 11 is 0. The van der Waals surface area contributed by atoms with Crippen molar-refractivity contribution in [1.29, 1.82) is 0 Å². The molecule has 0 aliphatic rings. The number of rotatable bonds is 4. The molecule has 4 nitrogen and oxygen atoms in total. The number of aliphatic hydroxyl groups excluding tert-OH is 1. The molecule has 2 rings (SSSR count). The summed E-state index contributed by atoms with van der Waals surface area (Å²) < 4.78 is 1.88. The van der Waals surface area contributed by atoms with Crippen LogP contribution in [0.3, 0.4) is 0 Å². The Morgan fingerprint density at radius 1 is 1.31 bits per heavy atom. The zero-order chi connectivity index (χ0) is 11.4. The molecule has 0 bridgehead atoms. The van der Waals surface area contributed by atoms with E-state index in [2.05, 4.69) is 29.3 Å². The van der Waals surface area contributed by atoms with Gasteiger partial charge in [-0.3, -0.25) is 0 Å². The van der Waals surface area contributed by atoms with Gasteiger partial charge < -0.3 is 9.67 Å². The SMILES string of the molecule is Cc1ccccc1CCn1cnnc1CO. The minimum atomic E-state index is -0.0617. The molecule has 0 fully saturated rings. The van der Waals surface area contributed by atoms with Gasteiger partial charge in [-0.1, -0.05) is 24.3 Å². The number of benzene rings is 1. The van der Waals surface area contributed by atoms with Gasteiger partial charge in [-0.15, -0.1) is 10.2 Å². The lowest BCUT2D eigenvalue weighted by molar-refractivity contribution is 0.264. The zero-order valence-corrected chi connectivity index (χ0v) is 9.30. The van der Waals surface area contributed by atoms with Gasteiger partial charge in [0, 0.05) is 6.54 Å². The van der Waals surface area contributed by atoms with Crippen molar-refractivity contribution >= 4 is 0 Å². The first-order valence-electron chi connectivity index (χ1n) is 5.33. The van der Waals surface area contributed by atoms with E-state index < -0.39 is 0 Å². The maximum Gasteiger partial charge on any atom is 0.158 e. The van der Waals surface area contributed by atoms with Crippen LogP contribution in [0.4, 0.5) is 0 Å². The van der Waals surface area contributed by atoms with Crippen molar-refractivity contribution in [1.82, 2.24) is 14.8 Å². The molecule has 0 unspecified atom stereocenters. The fraction of sp³-hybridized carbons (Fsp3) is 0.333. The molecule has 0 saturated heterocycles. The van der Waals surface area contributed by atoms with E-state index in [0.29, 0.717) is 5.82 Å². The lowest BCUT2D eigenvalue weighted by atomic mass is 10.1. The molecule has 0 aliphatic heterocycles. The highest BCUT2D eigenvalue weighted by Gasteiger charge is 2.03. The Hall–Kier alpha value is -1.68. The van der Waals surface area contributed by atoms with E-state index in [1.807, 2.05) is 16.7 Å². The van der Waals surface area contributed by atoms with E-state index >= 15 is 0 Å². The van der Waals surface area contributed by atoms with Crippen LogP contribution in [0.1, 0.15) is 17.0 Å². The first kappa shape index (κ1) is 10.8. The quantitative estimate of drug-likeness (QED) is 0.840. The van der Waals surface area contributed by atoms with Crippen molar-refractivity contribution in [2.45, 2.75) is 26.5 Å². The normalized spacial score (nSPS) is 10.6. The lowest BCUT2D eigenvalue weighted by Crippen LogP contribution is -2.06. The van der Waals surface area contributed by atoms with Crippen LogP contribution in [0.25, 0.3) is 0 Å². The minimum absolute atomic E-state index is 0.0617. The summed E-state index contributed by atoms with van der Waals surface area (Å²) in [4.78, 5) is 0. The smallest absolute Gasteiger partial charge is 0.158 e. The van der Waals surface area contributed by atoms with Crippen molar-refractivity contribution in [3.05, 3.63) is 47.5 Å². The summed E-state index contributed by atoms with van der Waals surface area (Å²) in [5, 5.41) is 16.6. The van der Waals surface area contributed by atoms with Crippen LogP contribution in [0.5, 0.6) is 0 Å². The number of hydrogen-bond acceptors (Lipinski definition) is 3. The molecule has 1 heterocycles. The summed E-state index contributed by atoms with van der Waals surface area (Å²) in [5.74, 6) is 0.619. The molecule has 0 amide bonds. The van der Waals surface area contributed by atoms with Crippen LogP contribution in [0.15, 0.2) is 30.6 Å². The number of hydrogen-bond donors (Lipinski definition) is 1. The van der Waals surface area contributed by atoms with Crippen LogP contribution in [0, 0.1) is 6.92 Å². The average molecular weight is 217 g/mol. The predicted molar refractivity (Wildman–Crippen MR) is 60.8 cm³/mol. The van der Waals surface area contributed by atoms with Crippen molar-refractivity contribution in [3.8, 4) is 0 Å². The van der Waals surface area contributed by atoms with Crippen molar-refractivity contribution in [2.75, 3.05) is 0 Å². The first-order chi connectivity index (χ1) is 7.81. The molecule has 4 heteroatoms. The highest BCUT2D eigenvalue weighted by atomic mass is 16.3. The molecule has 0 spiro atoms. The third-order valence-electron chi connectivity index (χ3n) is 2.72. The van der Waals surface area contributed by atoms with Crippen LogP contribution in [0.2, 0.25) is 0 Å². The largest absolute Gasteiger partial charge is 0.388 e. The van der Waals surface area contributed by atoms with Gasteiger partial charge in [-0.05, 0) is 24.5 Å². The molecule has 1 N–H and O–H groups in total. The number of aromatic nitrogens is 3. The van der Waals surface area contributed by atoms with Gasteiger partial charge in [-0.2, -0.15) is 0 Å². The topological polar surface area (TPSA) is 50.9 Å². The molecule has 0 saturated carbocycles. The Bertz CT molecular complexity index is 465. The van der Waals surface area contributed by atoms with E-state index in [1.165, 1.54) is 11.1 Å². The fourth-order valence-electron chi connectivity index (χ4n) is 1.72. The Labute approximate surface area is 94.6 Å². The summed E-state index contributed by atoms with van der Waals surface area (Å²) in [6.07, 6.45) is 2.58. The highest BCUT2D eigenvalue weighted by molar-refractivity contribution is 5.25. The van der Waals surface area contributed by atoms with Crippen molar-refractivity contribution < 1.29 is 5.11 Å². The molecule has 0 atom stereocenters. The first-order valence-corrected chi connectivity index (χ1v) is 5.33. The average Bonchev–Trinajstić information content (AvgIpc) is 2.75. The van der Waals surface area contributed by atoms with Gasteiger partial charge in [0.1, 0.15) is 12.9 Å². The summed E-state index contributed by atoms with van der Waals surface area (Å²) in [7, 11) is 0. The molecule has 0 radical (unpaired) electrons. The zero-order valence-electron chi connectivity index (χ0n) is 9.30. The maximum atomic E-state index is 9.04. The van der Waals surface area contributed by atoms with Crippen molar-refractivity contribution in [3.63, 3.8) is 0 Å². The van der Waals surface area contributed by atoms with Gasteiger partial charge in [0.05, 0.1) is 0 Å². The van der Waals surface area contributed by atoms with E-state index in [4.69, 9.17) is 5.11 Å². The Kier molecular flexibility index (Phi) is 3.31. The Balaban J connectivity index is 2.05. The second kappa shape index (κ2) is 4.90.